The van der Waals surface area contributed by atoms with Gasteiger partial charge in [0.2, 0.25) is 0 Å². The van der Waals surface area contributed by atoms with Gasteiger partial charge in [-0.15, -0.1) is 0 Å². The second-order valence-corrected chi connectivity index (χ2v) is 4.95. The van der Waals surface area contributed by atoms with Crippen molar-refractivity contribution in [2.24, 2.45) is 7.05 Å². The quantitative estimate of drug-likeness (QED) is 0.812. The number of furan rings is 1. The molecule has 0 atom stereocenters. The third-order valence-electron chi connectivity index (χ3n) is 3.62. The highest BCUT2D eigenvalue weighted by molar-refractivity contribution is 5.93. The van der Waals surface area contributed by atoms with Crippen molar-refractivity contribution in [3.63, 3.8) is 0 Å². The lowest BCUT2D eigenvalue weighted by atomic mass is 10.2. The maximum Gasteiger partial charge on any atom is 0.289 e. The van der Waals surface area contributed by atoms with Gasteiger partial charge in [-0.2, -0.15) is 0 Å². The van der Waals surface area contributed by atoms with Crippen LogP contribution in [0.2, 0.25) is 0 Å². The average molecular weight is 288 g/mol. The molecule has 0 saturated carbocycles. The van der Waals surface area contributed by atoms with Gasteiger partial charge in [-0.1, -0.05) is 0 Å². The third kappa shape index (κ3) is 2.54. The van der Waals surface area contributed by atoms with Gasteiger partial charge in [0.25, 0.3) is 11.8 Å². The molecule has 0 spiro atoms. The molecule has 1 aliphatic heterocycles. The van der Waals surface area contributed by atoms with Gasteiger partial charge in [0, 0.05) is 33.2 Å². The summed E-state index contributed by atoms with van der Waals surface area (Å²) in [5, 5.41) is 0. The van der Waals surface area contributed by atoms with Crippen molar-refractivity contribution >= 4 is 11.8 Å². The first-order valence-corrected chi connectivity index (χ1v) is 6.75. The molecule has 0 unspecified atom stereocenters. The van der Waals surface area contributed by atoms with E-state index in [0.717, 1.165) is 0 Å². The highest BCUT2D eigenvalue weighted by Crippen LogP contribution is 2.11. The van der Waals surface area contributed by atoms with Crippen LogP contribution in [0.5, 0.6) is 0 Å². The number of carbonyl (C=O) groups is 2. The summed E-state index contributed by atoms with van der Waals surface area (Å²) in [6.45, 7) is 2.03. The van der Waals surface area contributed by atoms with E-state index in [2.05, 4.69) is 4.98 Å². The highest BCUT2D eigenvalue weighted by atomic mass is 16.3. The number of hydrogen-bond acceptors (Lipinski definition) is 4. The first-order valence-electron chi connectivity index (χ1n) is 6.75. The van der Waals surface area contributed by atoms with Gasteiger partial charge in [0.1, 0.15) is 5.69 Å². The van der Waals surface area contributed by atoms with Crippen molar-refractivity contribution in [2.75, 3.05) is 26.2 Å². The van der Waals surface area contributed by atoms with Gasteiger partial charge in [-0.3, -0.25) is 9.59 Å². The lowest BCUT2D eigenvalue weighted by Gasteiger charge is -2.34. The average Bonchev–Trinajstić information content (AvgIpc) is 3.17. The first-order chi connectivity index (χ1) is 10.2. The summed E-state index contributed by atoms with van der Waals surface area (Å²) in [7, 11) is 1.79. The fraction of sp³-hybridized carbons (Fsp3) is 0.357. The van der Waals surface area contributed by atoms with Crippen LogP contribution < -0.4 is 0 Å². The Kier molecular flexibility index (Phi) is 3.47. The molecule has 0 aromatic carbocycles. The van der Waals surface area contributed by atoms with E-state index in [9.17, 15) is 9.59 Å². The SMILES string of the molecule is Cn1cncc1C(=O)N1CCN(C(=O)c2ccco2)CC1. The molecule has 2 amide bonds. The largest absolute Gasteiger partial charge is 0.459 e. The van der Waals surface area contributed by atoms with E-state index in [4.69, 9.17) is 4.42 Å². The summed E-state index contributed by atoms with van der Waals surface area (Å²) in [5.74, 6) is 0.147. The van der Waals surface area contributed by atoms with Crippen molar-refractivity contribution in [1.82, 2.24) is 19.4 Å². The van der Waals surface area contributed by atoms with E-state index in [0.29, 0.717) is 37.6 Å². The minimum atomic E-state index is -0.132. The van der Waals surface area contributed by atoms with Crippen LogP contribution in [0.1, 0.15) is 21.0 Å². The molecule has 3 heterocycles. The fourth-order valence-corrected chi connectivity index (χ4v) is 2.39. The summed E-state index contributed by atoms with van der Waals surface area (Å²) >= 11 is 0. The Bertz CT molecular complexity index is 639. The molecule has 1 aliphatic rings. The van der Waals surface area contributed by atoms with E-state index in [1.807, 2.05) is 0 Å². The zero-order valence-electron chi connectivity index (χ0n) is 11.7. The molecular weight excluding hydrogens is 272 g/mol. The molecule has 21 heavy (non-hydrogen) atoms. The minimum Gasteiger partial charge on any atom is -0.459 e. The van der Waals surface area contributed by atoms with Crippen molar-refractivity contribution in [3.8, 4) is 0 Å². The minimum absolute atomic E-state index is 0.0555. The molecule has 1 fully saturated rings. The van der Waals surface area contributed by atoms with Gasteiger partial charge >= 0.3 is 0 Å². The van der Waals surface area contributed by atoms with Gasteiger partial charge < -0.3 is 18.8 Å². The summed E-state index contributed by atoms with van der Waals surface area (Å²) in [5.41, 5.74) is 0.556. The van der Waals surface area contributed by atoms with E-state index in [1.54, 1.807) is 46.1 Å². The van der Waals surface area contributed by atoms with Crippen molar-refractivity contribution in [3.05, 3.63) is 42.4 Å². The van der Waals surface area contributed by atoms with Gasteiger partial charge in [-0.05, 0) is 12.1 Å². The molecule has 7 heteroatoms. The maximum atomic E-state index is 12.3. The van der Waals surface area contributed by atoms with E-state index >= 15 is 0 Å². The number of nitrogens with zero attached hydrogens (tertiary/aromatic N) is 4. The monoisotopic (exact) mass is 288 g/mol. The van der Waals surface area contributed by atoms with Crippen LogP contribution in [0.15, 0.2) is 35.3 Å². The summed E-state index contributed by atoms with van der Waals surface area (Å²) in [6, 6.07) is 3.34. The molecule has 2 aromatic heterocycles. The second kappa shape index (κ2) is 5.43. The standard InChI is InChI=1S/C14H16N4O3/c1-16-10-15-9-11(16)13(19)17-4-6-18(7-5-17)14(20)12-3-2-8-21-12/h2-3,8-10H,4-7H2,1H3. The highest BCUT2D eigenvalue weighted by Gasteiger charge is 2.27. The van der Waals surface area contributed by atoms with Crippen LogP contribution in [0.4, 0.5) is 0 Å². The van der Waals surface area contributed by atoms with E-state index < -0.39 is 0 Å². The van der Waals surface area contributed by atoms with Crippen LogP contribution >= 0.6 is 0 Å². The number of aryl methyl sites for hydroxylation is 1. The predicted octanol–water partition coefficient (Wildman–Crippen LogP) is 0.611. The smallest absolute Gasteiger partial charge is 0.289 e. The summed E-state index contributed by atoms with van der Waals surface area (Å²) < 4.78 is 6.81. The Hall–Kier alpha value is -2.57. The Labute approximate surface area is 121 Å². The molecule has 110 valence electrons. The van der Waals surface area contributed by atoms with Gasteiger partial charge in [-0.25, -0.2) is 4.98 Å². The van der Waals surface area contributed by atoms with Crippen LogP contribution in [0.3, 0.4) is 0 Å². The molecule has 3 rings (SSSR count). The normalized spacial score (nSPS) is 15.3. The zero-order chi connectivity index (χ0) is 14.8. The predicted molar refractivity (Wildman–Crippen MR) is 73.7 cm³/mol. The Morgan fingerprint density at radius 2 is 1.81 bits per heavy atom. The van der Waals surface area contributed by atoms with Crippen LogP contribution in [-0.4, -0.2) is 57.3 Å². The lowest BCUT2D eigenvalue weighted by Crippen LogP contribution is -2.50. The molecular formula is C14H16N4O3. The number of aromatic nitrogens is 2. The number of imidazole rings is 1. The Balaban J connectivity index is 1.62. The molecule has 0 bridgehead atoms. The topological polar surface area (TPSA) is 71.6 Å². The molecule has 7 nitrogen and oxygen atoms in total. The molecule has 0 radical (unpaired) electrons. The van der Waals surface area contributed by atoms with Crippen LogP contribution in [-0.2, 0) is 7.05 Å². The maximum absolute atomic E-state index is 12.3. The summed E-state index contributed by atoms with van der Waals surface area (Å²) in [6.07, 6.45) is 4.64. The fourth-order valence-electron chi connectivity index (χ4n) is 2.39. The van der Waals surface area contributed by atoms with Crippen molar-refractivity contribution in [1.29, 1.82) is 0 Å². The Morgan fingerprint density at radius 1 is 1.14 bits per heavy atom. The van der Waals surface area contributed by atoms with Crippen molar-refractivity contribution < 1.29 is 14.0 Å². The van der Waals surface area contributed by atoms with Crippen LogP contribution in [0, 0.1) is 0 Å². The third-order valence-corrected chi connectivity index (χ3v) is 3.62. The molecule has 0 aliphatic carbocycles. The number of piperazine rings is 1. The van der Waals surface area contributed by atoms with Gasteiger partial charge in [0.15, 0.2) is 5.76 Å². The number of amides is 2. The first kappa shape index (κ1) is 13.4. The van der Waals surface area contributed by atoms with Gasteiger partial charge in [0.05, 0.1) is 18.8 Å². The zero-order valence-corrected chi connectivity index (χ0v) is 11.7. The number of carbonyl (C=O) groups excluding carboxylic acids is 2. The van der Waals surface area contributed by atoms with E-state index in [1.165, 1.54) is 6.26 Å². The number of rotatable bonds is 2. The van der Waals surface area contributed by atoms with Crippen molar-refractivity contribution in [2.45, 2.75) is 0 Å². The lowest BCUT2D eigenvalue weighted by molar-refractivity contribution is 0.0513. The Morgan fingerprint density at radius 3 is 2.33 bits per heavy atom. The molecule has 0 N–H and O–H groups in total. The summed E-state index contributed by atoms with van der Waals surface area (Å²) in [4.78, 5) is 31.9. The second-order valence-electron chi connectivity index (χ2n) is 4.95. The number of hydrogen-bond donors (Lipinski definition) is 0. The molecule has 2 aromatic rings. The van der Waals surface area contributed by atoms with E-state index in [-0.39, 0.29) is 11.8 Å². The molecule has 1 saturated heterocycles. The van der Waals surface area contributed by atoms with Crippen LogP contribution in [0.25, 0.3) is 0 Å².